The fraction of sp³-hybridized carbons (Fsp3) is 0.235. The number of aliphatic imine (C=N–C) groups is 1. The maximum Gasteiger partial charge on any atom is 0.267 e. The van der Waals surface area contributed by atoms with Crippen LogP contribution in [0.5, 0.6) is 5.75 Å². The Kier molecular flexibility index (Phi) is 8.08. The molecule has 0 aromatic heterocycles. The Balaban J connectivity index is 1.40. The predicted molar refractivity (Wildman–Crippen MR) is 170 cm³/mol. The summed E-state index contributed by atoms with van der Waals surface area (Å²) in [5.41, 5.74) is 2.86. The van der Waals surface area contributed by atoms with Gasteiger partial charge in [-0.15, -0.1) is 0 Å². The molecule has 6 rings (SSSR count). The number of halogens is 1. The summed E-state index contributed by atoms with van der Waals surface area (Å²) in [6, 6.07) is 30.6. The van der Waals surface area contributed by atoms with Crippen LogP contribution in [0.25, 0.3) is 16.8 Å². The van der Waals surface area contributed by atoms with Crippen molar-refractivity contribution in [3.63, 3.8) is 0 Å². The lowest BCUT2D eigenvalue weighted by Crippen LogP contribution is -2.44. The number of hydrogen-bond donors (Lipinski definition) is 0. The summed E-state index contributed by atoms with van der Waals surface area (Å²) in [6.07, 6.45) is 6.51. The van der Waals surface area contributed by atoms with E-state index in [0.29, 0.717) is 17.4 Å². The third-order valence-electron chi connectivity index (χ3n) is 7.73. The Labute approximate surface area is 248 Å². The smallest absolute Gasteiger partial charge is 0.267 e. The number of ether oxygens (including phenoxy) is 1. The molecule has 2 fully saturated rings. The van der Waals surface area contributed by atoms with E-state index >= 15 is 0 Å². The summed E-state index contributed by atoms with van der Waals surface area (Å²) in [7, 11) is 0. The largest absolute Gasteiger partial charge is 0.488 e. The lowest BCUT2D eigenvalue weighted by molar-refractivity contribution is -0.124. The number of fused-ring (bicyclic) bond motifs is 1. The minimum Gasteiger partial charge on any atom is -0.488 e. The van der Waals surface area contributed by atoms with Gasteiger partial charge in [0.2, 0.25) is 0 Å². The maximum atomic E-state index is 14.1. The number of carbonyl (C=O) groups excluding carboxylic acids is 1. The van der Waals surface area contributed by atoms with E-state index in [2.05, 4.69) is 53.2 Å². The molecule has 4 nitrogen and oxygen atoms in total. The number of benzene rings is 4. The van der Waals surface area contributed by atoms with Crippen molar-refractivity contribution in [2.24, 2.45) is 10.9 Å². The Morgan fingerprint density at radius 1 is 0.950 bits per heavy atom. The average Bonchev–Trinajstić information content (AvgIpc) is 3.28. The highest BCUT2D eigenvalue weighted by Gasteiger charge is 2.41. The molecule has 1 aliphatic carbocycles. The Morgan fingerprint density at radius 2 is 1.70 bits per heavy atom. The molecular weight excluding hydrogens is 580 g/mol. The Morgan fingerprint density at radius 3 is 2.50 bits per heavy atom. The van der Waals surface area contributed by atoms with E-state index in [1.165, 1.54) is 18.2 Å². The number of thioether (sulfide) groups is 1. The predicted octanol–water partition coefficient (Wildman–Crippen LogP) is 9.36. The Hall–Kier alpha value is -3.35. The molecule has 6 heteroatoms. The molecule has 2 atom stereocenters. The molecule has 1 heterocycles. The summed E-state index contributed by atoms with van der Waals surface area (Å²) in [5.74, 6) is 1.22. The van der Waals surface area contributed by atoms with E-state index in [1.807, 2.05) is 71.6 Å². The van der Waals surface area contributed by atoms with Gasteiger partial charge in [-0.2, -0.15) is 0 Å². The summed E-state index contributed by atoms with van der Waals surface area (Å²) in [4.78, 5) is 21.7. The zero-order valence-electron chi connectivity index (χ0n) is 22.4. The van der Waals surface area contributed by atoms with Crippen LogP contribution in [-0.2, 0) is 11.4 Å². The molecule has 4 aromatic carbocycles. The number of para-hydroxylation sites is 1. The highest BCUT2D eigenvalue weighted by molar-refractivity contribution is 9.10. The second kappa shape index (κ2) is 12.0. The molecule has 2 aliphatic rings. The normalized spacial score (nSPS) is 21.4. The number of hydrogen-bond acceptors (Lipinski definition) is 4. The summed E-state index contributed by atoms with van der Waals surface area (Å²) < 4.78 is 7.41. The average molecular weight is 612 g/mol. The van der Waals surface area contributed by atoms with Crippen LogP contribution < -0.4 is 4.74 Å². The summed E-state index contributed by atoms with van der Waals surface area (Å²) in [6.45, 7) is 2.71. The topological polar surface area (TPSA) is 41.9 Å². The lowest BCUT2D eigenvalue weighted by Gasteiger charge is -2.35. The van der Waals surface area contributed by atoms with Crippen molar-refractivity contribution < 1.29 is 9.53 Å². The number of amidine groups is 1. The molecule has 1 aliphatic heterocycles. The van der Waals surface area contributed by atoms with Crippen molar-refractivity contribution >= 4 is 61.3 Å². The van der Waals surface area contributed by atoms with Gasteiger partial charge in [-0.1, -0.05) is 96.4 Å². The molecule has 40 heavy (non-hydrogen) atoms. The SMILES string of the molecule is C[C@@H]1CCCC[C@H]1N1C(=O)/C(=C/c2c(OCc3ccc(Br)cc3)ccc3ccccc23)SC1=Nc1ccccc1. The molecule has 0 radical (unpaired) electrons. The van der Waals surface area contributed by atoms with Crippen molar-refractivity contribution in [3.8, 4) is 5.75 Å². The summed E-state index contributed by atoms with van der Waals surface area (Å²) in [5, 5.41) is 2.93. The van der Waals surface area contributed by atoms with Crippen molar-refractivity contribution in [2.45, 2.75) is 45.3 Å². The third kappa shape index (κ3) is 5.74. The fourth-order valence-electron chi connectivity index (χ4n) is 5.57. The molecule has 0 spiro atoms. The molecule has 4 aromatic rings. The van der Waals surface area contributed by atoms with Crippen LogP contribution in [0.3, 0.4) is 0 Å². The number of carbonyl (C=O) groups is 1. The zero-order chi connectivity index (χ0) is 27.5. The first-order valence-electron chi connectivity index (χ1n) is 13.8. The van der Waals surface area contributed by atoms with Gasteiger partial charge in [-0.25, -0.2) is 4.99 Å². The second-order valence-corrected chi connectivity index (χ2v) is 12.4. The van der Waals surface area contributed by atoms with E-state index in [1.54, 1.807) is 0 Å². The van der Waals surface area contributed by atoms with Crippen LogP contribution in [-0.4, -0.2) is 22.0 Å². The van der Waals surface area contributed by atoms with Gasteiger partial charge in [0.15, 0.2) is 5.17 Å². The lowest BCUT2D eigenvalue weighted by atomic mass is 9.85. The van der Waals surface area contributed by atoms with Crippen LogP contribution >= 0.6 is 27.7 Å². The van der Waals surface area contributed by atoms with Crippen molar-refractivity contribution in [1.82, 2.24) is 4.90 Å². The van der Waals surface area contributed by atoms with Crippen LogP contribution in [0.4, 0.5) is 5.69 Å². The van der Waals surface area contributed by atoms with Gasteiger partial charge < -0.3 is 4.74 Å². The number of rotatable bonds is 6. The number of amides is 1. The van der Waals surface area contributed by atoms with Crippen molar-refractivity contribution in [2.75, 3.05) is 0 Å². The van der Waals surface area contributed by atoms with E-state index in [9.17, 15) is 4.79 Å². The monoisotopic (exact) mass is 610 g/mol. The van der Waals surface area contributed by atoms with Gasteiger partial charge in [-0.05, 0) is 83.3 Å². The van der Waals surface area contributed by atoms with E-state index in [4.69, 9.17) is 9.73 Å². The van der Waals surface area contributed by atoms with E-state index < -0.39 is 0 Å². The molecular formula is C34H31BrN2O2S. The molecule has 202 valence electrons. The Bertz CT molecular complexity index is 1580. The van der Waals surface area contributed by atoms with Gasteiger partial charge in [-0.3, -0.25) is 9.69 Å². The zero-order valence-corrected chi connectivity index (χ0v) is 24.8. The molecule has 0 unspecified atom stereocenters. The minimum absolute atomic E-state index is 0.0326. The summed E-state index contributed by atoms with van der Waals surface area (Å²) >= 11 is 4.97. The first-order chi connectivity index (χ1) is 19.6. The van der Waals surface area contributed by atoms with Gasteiger partial charge in [0, 0.05) is 16.1 Å². The highest BCUT2D eigenvalue weighted by Crippen LogP contribution is 2.42. The van der Waals surface area contributed by atoms with E-state index in [-0.39, 0.29) is 11.9 Å². The number of nitrogens with zero attached hydrogens (tertiary/aromatic N) is 2. The molecule has 0 bridgehead atoms. The van der Waals surface area contributed by atoms with Crippen LogP contribution in [0.15, 0.2) is 105 Å². The first kappa shape index (κ1) is 26.9. The molecule has 1 amide bonds. The van der Waals surface area contributed by atoms with E-state index in [0.717, 1.165) is 62.2 Å². The van der Waals surface area contributed by atoms with Gasteiger partial charge in [0.1, 0.15) is 12.4 Å². The quantitative estimate of drug-likeness (QED) is 0.204. The van der Waals surface area contributed by atoms with Gasteiger partial charge in [0.05, 0.1) is 10.6 Å². The van der Waals surface area contributed by atoms with Crippen molar-refractivity contribution in [3.05, 3.63) is 112 Å². The molecule has 1 saturated heterocycles. The van der Waals surface area contributed by atoms with Crippen LogP contribution in [0.2, 0.25) is 0 Å². The highest BCUT2D eigenvalue weighted by atomic mass is 79.9. The second-order valence-electron chi connectivity index (χ2n) is 10.5. The van der Waals surface area contributed by atoms with Crippen molar-refractivity contribution in [1.29, 1.82) is 0 Å². The standard InChI is InChI=1S/C34H31BrN2O2S/c1-23-9-5-8-14-30(23)37-33(38)32(40-34(37)36-27-11-3-2-4-12-27)21-29-28-13-7-6-10-25(28)17-20-31(29)39-22-24-15-18-26(35)19-16-24/h2-4,6-7,10-13,15-21,23,30H,5,8-9,14,22H2,1H3/b32-21-,36-34?/t23-,30-/m1/s1. The molecule has 1 saturated carbocycles. The van der Waals surface area contributed by atoms with Gasteiger partial charge in [0.25, 0.3) is 5.91 Å². The van der Waals surface area contributed by atoms with Gasteiger partial charge >= 0.3 is 0 Å². The minimum atomic E-state index is 0.0326. The molecule has 0 N–H and O–H groups in total. The van der Waals surface area contributed by atoms with Crippen LogP contribution in [0.1, 0.15) is 43.7 Å². The first-order valence-corrected chi connectivity index (χ1v) is 15.4. The maximum absolute atomic E-state index is 14.1. The fourth-order valence-corrected chi connectivity index (χ4v) is 6.86. The third-order valence-corrected chi connectivity index (χ3v) is 9.24. The van der Waals surface area contributed by atoms with Crippen LogP contribution in [0, 0.1) is 5.92 Å².